The van der Waals surface area contributed by atoms with Gasteiger partial charge in [0.15, 0.2) is 23.0 Å². The predicted octanol–water partition coefficient (Wildman–Crippen LogP) is 6.86. The molecular weight excluding hydrogens is 536 g/mol. The van der Waals surface area contributed by atoms with Gasteiger partial charge in [0.1, 0.15) is 5.69 Å². The second-order valence-electron chi connectivity index (χ2n) is 9.14. The third-order valence-electron chi connectivity index (χ3n) is 6.20. The molecule has 2 heterocycles. The number of hydrogen-bond acceptors (Lipinski definition) is 8. The molecule has 0 saturated heterocycles. The van der Waals surface area contributed by atoms with Crippen molar-refractivity contribution in [1.82, 2.24) is 0 Å². The van der Waals surface area contributed by atoms with Crippen LogP contribution in [0, 0.1) is 0 Å². The molecule has 0 bridgehead atoms. The Bertz CT molecular complexity index is 1730. The van der Waals surface area contributed by atoms with E-state index >= 15 is 0 Å². The van der Waals surface area contributed by atoms with Crippen molar-refractivity contribution < 1.29 is 28.5 Å². The summed E-state index contributed by atoms with van der Waals surface area (Å²) >= 11 is 0. The molecule has 0 atom stereocenters. The normalized spacial score (nSPS) is 13.2. The highest BCUT2D eigenvalue weighted by Crippen LogP contribution is 2.34. The maximum Gasteiger partial charge on any atom is 0.248 e. The van der Waals surface area contributed by atoms with Crippen molar-refractivity contribution in [2.75, 3.05) is 24.2 Å². The number of azo groups is 1. The Balaban J connectivity index is 1.18. The molecule has 4 aromatic carbocycles. The number of benzene rings is 4. The van der Waals surface area contributed by atoms with Crippen LogP contribution in [-0.4, -0.2) is 25.4 Å². The standard InChI is InChI=1S/C32H24N4O6/c37-31(14-8-21-6-12-27-29(16-21)41-19-39-27)33-24-10-11-25(36-35-23-4-2-1-3-5-23)26(18-24)34-32(38)15-9-22-7-13-28-30(17-22)42-20-40-28/h1-18H,19-20H2,(H,33,37)(H,34,38)/b14-8+,15-9+,36-35?. The van der Waals surface area contributed by atoms with Gasteiger partial charge in [0.25, 0.3) is 0 Å². The number of ether oxygens (including phenoxy) is 4. The minimum Gasteiger partial charge on any atom is -0.454 e. The largest absolute Gasteiger partial charge is 0.454 e. The van der Waals surface area contributed by atoms with E-state index in [2.05, 4.69) is 20.9 Å². The third-order valence-corrected chi connectivity index (χ3v) is 6.20. The summed E-state index contributed by atoms with van der Waals surface area (Å²) in [6, 6.07) is 25.0. The van der Waals surface area contributed by atoms with Crippen molar-refractivity contribution in [3.8, 4) is 23.0 Å². The van der Waals surface area contributed by atoms with Crippen molar-refractivity contribution >= 4 is 46.7 Å². The Morgan fingerprint density at radius 1 is 0.619 bits per heavy atom. The first-order valence-electron chi connectivity index (χ1n) is 13.0. The molecule has 10 heteroatoms. The molecule has 0 fully saturated rings. The summed E-state index contributed by atoms with van der Waals surface area (Å²) in [6.07, 6.45) is 6.14. The first-order chi connectivity index (χ1) is 20.6. The number of fused-ring (bicyclic) bond motifs is 2. The molecule has 0 unspecified atom stereocenters. The van der Waals surface area contributed by atoms with E-state index in [1.165, 1.54) is 12.2 Å². The van der Waals surface area contributed by atoms with Gasteiger partial charge in [-0.1, -0.05) is 30.3 Å². The zero-order valence-corrected chi connectivity index (χ0v) is 22.2. The van der Waals surface area contributed by atoms with Crippen molar-refractivity contribution in [2.24, 2.45) is 10.2 Å². The SMILES string of the molecule is O=C(/C=C/c1ccc2c(c1)OCO2)Nc1ccc(N=Nc2ccccc2)c(NC(=O)/C=C/c2ccc3c(c2)OCO3)c1. The number of anilines is 2. The maximum atomic E-state index is 12.9. The van der Waals surface area contributed by atoms with E-state index < -0.39 is 5.91 Å². The molecule has 2 amide bonds. The van der Waals surface area contributed by atoms with Crippen molar-refractivity contribution in [1.29, 1.82) is 0 Å². The fraction of sp³-hybridized carbons (Fsp3) is 0.0625. The monoisotopic (exact) mass is 560 g/mol. The van der Waals surface area contributed by atoms with Gasteiger partial charge in [0.2, 0.25) is 25.4 Å². The van der Waals surface area contributed by atoms with E-state index in [9.17, 15) is 9.59 Å². The van der Waals surface area contributed by atoms with Gasteiger partial charge < -0.3 is 29.6 Å². The van der Waals surface area contributed by atoms with Crippen LogP contribution in [0.3, 0.4) is 0 Å². The summed E-state index contributed by atoms with van der Waals surface area (Å²) in [5, 5.41) is 14.2. The van der Waals surface area contributed by atoms with Crippen LogP contribution in [0.5, 0.6) is 23.0 Å². The lowest BCUT2D eigenvalue weighted by atomic mass is 10.2. The van der Waals surface area contributed by atoms with Crippen molar-refractivity contribution in [2.45, 2.75) is 0 Å². The fourth-order valence-corrected chi connectivity index (χ4v) is 4.14. The molecule has 0 radical (unpaired) electrons. The van der Waals surface area contributed by atoms with Gasteiger partial charge in [-0.15, -0.1) is 5.11 Å². The Kier molecular flexibility index (Phi) is 7.58. The minimum atomic E-state index is -0.394. The molecule has 0 spiro atoms. The number of nitrogens with zero attached hydrogens (tertiary/aromatic N) is 2. The van der Waals surface area contributed by atoms with Crippen LogP contribution in [0.4, 0.5) is 22.7 Å². The molecule has 4 aromatic rings. The molecule has 2 N–H and O–H groups in total. The number of carbonyl (C=O) groups is 2. The molecule has 0 saturated carbocycles. The molecular formula is C32H24N4O6. The second-order valence-corrected chi connectivity index (χ2v) is 9.14. The molecule has 208 valence electrons. The number of nitrogens with one attached hydrogen (secondary N) is 2. The third kappa shape index (κ3) is 6.45. The topological polar surface area (TPSA) is 120 Å². The summed E-state index contributed by atoms with van der Waals surface area (Å²) in [6.45, 7) is 0.349. The second kappa shape index (κ2) is 12.1. The first kappa shape index (κ1) is 26.3. The van der Waals surface area contributed by atoms with Crippen LogP contribution < -0.4 is 29.6 Å². The van der Waals surface area contributed by atoms with Gasteiger partial charge >= 0.3 is 0 Å². The first-order valence-corrected chi connectivity index (χ1v) is 13.0. The van der Waals surface area contributed by atoms with E-state index in [0.29, 0.717) is 45.7 Å². The van der Waals surface area contributed by atoms with Gasteiger partial charge in [-0.2, -0.15) is 5.11 Å². The van der Waals surface area contributed by atoms with Gasteiger partial charge in [0.05, 0.1) is 11.4 Å². The number of rotatable bonds is 8. The highest BCUT2D eigenvalue weighted by Gasteiger charge is 2.14. The molecule has 0 aliphatic carbocycles. The van der Waals surface area contributed by atoms with Crippen LogP contribution in [0.2, 0.25) is 0 Å². The Hall–Kier alpha value is -5.90. The van der Waals surface area contributed by atoms with Crippen LogP contribution in [0.25, 0.3) is 12.2 Å². The van der Waals surface area contributed by atoms with E-state index in [-0.39, 0.29) is 19.5 Å². The van der Waals surface area contributed by atoms with E-state index in [4.69, 9.17) is 18.9 Å². The number of hydrogen-bond donors (Lipinski definition) is 2. The summed E-state index contributed by atoms with van der Waals surface area (Å²) in [5.74, 6) is 1.83. The van der Waals surface area contributed by atoms with Gasteiger partial charge in [-0.05, 0) is 77.9 Å². The molecule has 2 aliphatic rings. The van der Waals surface area contributed by atoms with Crippen LogP contribution in [-0.2, 0) is 9.59 Å². The quantitative estimate of drug-likeness (QED) is 0.179. The summed E-state index contributed by atoms with van der Waals surface area (Å²) in [4.78, 5) is 25.6. The van der Waals surface area contributed by atoms with Gasteiger partial charge in [-0.25, -0.2) is 0 Å². The Morgan fingerprint density at radius 2 is 1.21 bits per heavy atom. The molecule has 10 nitrogen and oxygen atoms in total. The predicted molar refractivity (Wildman–Crippen MR) is 158 cm³/mol. The highest BCUT2D eigenvalue weighted by atomic mass is 16.7. The molecule has 2 aliphatic heterocycles. The zero-order chi connectivity index (χ0) is 28.7. The summed E-state index contributed by atoms with van der Waals surface area (Å²) in [7, 11) is 0. The zero-order valence-electron chi connectivity index (χ0n) is 22.2. The number of carbonyl (C=O) groups excluding carboxylic acids is 2. The van der Waals surface area contributed by atoms with Crippen LogP contribution >= 0.6 is 0 Å². The van der Waals surface area contributed by atoms with E-state index in [1.54, 1.807) is 54.6 Å². The summed E-state index contributed by atoms with van der Waals surface area (Å²) < 4.78 is 21.4. The summed E-state index contributed by atoms with van der Waals surface area (Å²) in [5.41, 5.74) is 3.46. The fourth-order valence-electron chi connectivity index (χ4n) is 4.14. The van der Waals surface area contributed by atoms with Crippen molar-refractivity contribution in [3.05, 3.63) is 108 Å². The minimum absolute atomic E-state index is 0.171. The smallest absolute Gasteiger partial charge is 0.248 e. The number of amides is 2. The lowest BCUT2D eigenvalue weighted by molar-refractivity contribution is -0.112. The molecule has 6 rings (SSSR count). The lowest BCUT2D eigenvalue weighted by Gasteiger charge is -2.09. The van der Waals surface area contributed by atoms with Crippen molar-refractivity contribution in [3.63, 3.8) is 0 Å². The van der Waals surface area contributed by atoms with Gasteiger partial charge in [0, 0.05) is 17.8 Å². The van der Waals surface area contributed by atoms with E-state index in [0.717, 1.165) is 11.1 Å². The van der Waals surface area contributed by atoms with Crippen LogP contribution in [0.15, 0.2) is 107 Å². The molecule has 0 aromatic heterocycles. The Labute approximate surface area is 240 Å². The average Bonchev–Trinajstić information content (AvgIpc) is 3.68. The Morgan fingerprint density at radius 3 is 1.86 bits per heavy atom. The highest BCUT2D eigenvalue weighted by molar-refractivity contribution is 6.05. The molecule has 42 heavy (non-hydrogen) atoms. The van der Waals surface area contributed by atoms with Gasteiger partial charge in [-0.3, -0.25) is 9.59 Å². The maximum absolute atomic E-state index is 12.9. The average molecular weight is 561 g/mol. The van der Waals surface area contributed by atoms with Crippen LogP contribution in [0.1, 0.15) is 11.1 Å². The van der Waals surface area contributed by atoms with E-state index in [1.807, 2.05) is 42.5 Å². The lowest BCUT2D eigenvalue weighted by Crippen LogP contribution is -2.10.